The maximum absolute atomic E-state index is 3.44. The fourth-order valence-electron chi connectivity index (χ4n) is 3.46. The van der Waals surface area contributed by atoms with Crippen molar-refractivity contribution >= 4 is 0 Å². The lowest BCUT2D eigenvalue weighted by Crippen LogP contribution is -2.07. The molecule has 0 amide bonds. The molecule has 1 aliphatic carbocycles. The molecule has 1 heterocycles. The number of nitrogens with one attached hydrogen (secondary N) is 1. The van der Waals surface area contributed by atoms with Crippen LogP contribution in [0, 0.1) is 11.8 Å². The van der Waals surface area contributed by atoms with Crippen LogP contribution in [-0.4, -0.2) is 0 Å². The molecule has 1 aromatic rings. The summed E-state index contributed by atoms with van der Waals surface area (Å²) in [6, 6.07) is 8.76. The third-order valence-corrected chi connectivity index (χ3v) is 4.90. The predicted octanol–water partition coefficient (Wildman–Crippen LogP) is 5.49. The summed E-state index contributed by atoms with van der Waals surface area (Å²) in [7, 11) is 0. The van der Waals surface area contributed by atoms with E-state index in [-0.39, 0.29) is 0 Å². The number of fused-ring (bicyclic) bond motifs is 1. The van der Waals surface area contributed by atoms with E-state index in [1.807, 2.05) is 0 Å². The van der Waals surface area contributed by atoms with Crippen molar-refractivity contribution in [2.45, 2.75) is 39.7 Å². The van der Waals surface area contributed by atoms with Crippen molar-refractivity contribution in [1.29, 1.82) is 0 Å². The van der Waals surface area contributed by atoms with Gasteiger partial charge in [-0.1, -0.05) is 69.3 Å². The number of rotatable bonds is 2. The van der Waals surface area contributed by atoms with E-state index in [0.29, 0.717) is 17.8 Å². The normalized spacial score (nSPS) is 27.7. The lowest BCUT2D eigenvalue weighted by molar-refractivity contribution is 0.721. The standard InChI is InChI=1S/C22H27N/c1-16(2)18-8-10-19(11-9-18)20-12-13-23-15-21-6-4-5-7-22(21)17(3)14-20/h4-10,12-14,16-17,19,23H,11,15H2,1-3H3/b13-12-,20-14+. The van der Waals surface area contributed by atoms with E-state index in [1.165, 1.54) is 22.3 Å². The monoisotopic (exact) mass is 305 g/mol. The molecule has 1 nitrogen and oxygen atoms in total. The van der Waals surface area contributed by atoms with Gasteiger partial charge in [-0.15, -0.1) is 0 Å². The van der Waals surface area contributed by atoms with Crippen LogP contribution in [0.3, 0.4) is 0 Å². The molecule has 0 aromatic heterocycles. The first-order valence-electron chi connectivity index (χ1n) is 8.73. The summed E-state index contributed by atoms with van der Waals surface area (Å²) in [6.45, 7) is 7.73. The summed E-state index contributed by atoms with van der Waals surface area (Å²) in [4.78, 5) is 0. The van der Waals surface area contributed by atoms with E-state index in [2.05, 4.69) is 86.9 Å². The number of allylic oxidation sites excluding steroid dienone is 7. The molecule has 1 heteroatoms. The van der Waals surface area contributed by atoms with Crippen LogP contribution in [0.2, 0.25) is 0 Å². The molecular weight excluding hydrogens is 278 g/mol. The first kappa shape index (κ1) is 15.9. The SMILES string of the molecule is CC(C)C1=CCC(C2=C/C(C)c3ccccc3CN/C=C\2)C=C1. The summed E-state index contributed by atoms with van der Waals surface area (Å²) in [5.74, 6) is 1.54. The molecule has 0 saturated carbocycles. The van der Waals surface area contributed by atoms with Gasteiger partial charge in [-0.25, -0.2) is 0 Å². The van der Waals surface area contributed by atoms with Crippen LogP contribution >= 0.6 is 0 Å². The zero-order valence-electron chi connectivity index (χ0n) is 14.4. The van der Waals surface area contributed by atoms with E-state index in [9.17, 15) is 0 Å². The molecule has 23 heavy (non-hydrogen) atoms. The number of hydrogen-bond donors (Lipinski definition) is 1. The van der Waals surface area contributed by atoms with Crippen LogP contribution in [0.1, 0.15) is 44.2 Å². The zero-order valence-corrected chi connectivity index (χ0v) is 14.4. The number of hydrogen-bond acceptors (Lipinski definition) is 1. The first-order valence-corrected chi connectivity index (χ1v) is 8.73. The van der Waals surface area contributed by atoms with Crippen LogP contribution < -0.4 is 5.32 Å². The van der Waals surface area contributed by atoms with E-state index < -0.39 is 0 Å². The minimum absolute atomic E-state index is 0.439. The highest BCUT2D eigenvalue weighted by Crippen LogP contribution is 2.31. The van der Waals surface area contributed by atoms with Crippen molar-refractivity contribution < 1.29 is 0 Å². The van der Waals surface area contributed by atoms with Crippen molar-refractivity contribution in [3.05, 3.63) is 83.1 Å². The Balaban J connectivity index is 1.87. The maximum Gasteiger partial charge on any atom is 0.0398 e. The molecule has 2 aliphatic rings. The molecule has 0 saturated heterocycles. The van der Waals surface area contributed by atoms with Gasteiger partial charge in [0.15, 0.2) is 0 Å². The number of benzene rings is 1. The van der Waals surface area contributed by atoms with Crippen LogP contribution in [0.25, 0.3) is 0 Å². The second kappa shape index (κ2) is 7.04. The third kappa shape index (κ3) is 3.67. The van der Waals surface area contributed by atoms with Gasteiger partial charge in [-0.2, -0.15) is 0 Å². The largest absolute Gasteiger partial charge is 0.387 e. The molecule has 0 bridgehead atoms. The topological polar surface area (TPSA) is 12.0 Å². The van der Waals surface area contributed by atoms with Crippen LogP contribution in [0.15, 0.2) is 72.0 Å². The predicted molar refractivity (Wildman–Crippen MR) is 99.1 cm³/mol. The van der Waals surface area contributed by atoms with Gasteiger partial charge in [0.2, 0.25) is 0 Å². The minimum Gasteiger partial charge on any atom is -0.387 e. The van der Waals surface area contributed by atoms with E-state index in [1.54, 1.807) is 0 Å². The fourth-order valence-corrected chi connectivity index (χ4v) is 3.46. The van der Waals surface area contributed by atoms with E-state index in [0.717, 1.165) is 13.0 Å². The Morgan fingerprint density at radius 2 is 1.96 bits per heavy atom. The van der Waals surface area contributed by atoms with Gasteiger partial charge in [0.1, 0.15) is 0 Å². The average Bonchev–Trinajstić information content (AvgIpc) is 2.65. The van der Waals surface area contributed by atoms with Gasteiger partial charge < -0.3 is 5.32 Å². The Labute approximate surface area is 140 Å². The highest BCUT2D eigenvalue weighted by molar-refractivity contribution is 5.39. The molecule has 2 unspecified atom stereocenters. The molecule has 3 rings (SSSR count). The van der Waals surface area contributed by atoms with Gasteiger partial charge in [0.05, 0.1) is 0 Å². The smallest absolute Gasteiger partial charge is 0.0398 e. The first-order chi connectivity index (χ1) is 11.1. The van der Waals surface area contributed by atoms with Crippen molar-refractivity contribution in [1.82, 2.24) is 5.32 Å². The van der Waals surface area contributed by atoms with Crippen molar-refractivity contribution in [3.8, 4) is 0 Å². The minimum atomic E-state index is 0.439. The maximum atomic E-state index is 3.44. The van der Waals surface area contributed by atoms with Crippen molar-refractivity contribution in [2.24, 2.45) is 11.8 Å². The van der Waals surface area contributed by atoms with Crippen molar-refractivity contribution in [2.75, 3.05) is 0 Å². The van der Waals surface area contributed by atoms with E-state index in [4.69, 9.17) is 0 Å². The van der Waals surface area contributed by atoms with Crippen LogP contribution in [0.4, 0.5) is 0 Å². The molecule has 0 fully saturated rings. The highest BCUT2D eigenvalue weighted by atomic mass is 14.8. The Hall–Kier alpha value is -2.02. The fraction of sp³-hybridized carbons (Fsp3) is 0.364. The highest BCUT2D eigenvalue weighted by Gasteiger charge is 2.16. The van der Waals surface area contributed by atoms with Crippen LogP contribution in [0.5, 0.6) is 0 Å². The van der Waals surface area contributed by atoms with E-state index >= 15 is 0 Å². The molecule has 0 radical (unpaired) electrons. The molecule has 1 aliphatic heterocycles. The summed E-state index contributed by atoms with van der Waals surface area (Å²) in [5.41, 5.74) is 5.70. The molecule has 1 N–H and O–H groups in total. The van der Waals surface area contributed by atoms with Gasteiger partial charge >= 0.3 is 0 Å². The molecule has 120 valence electrons. The summed E-state index contributed by atoms with van der Waals surface area (Å²) >= 11 is 0. The molecule has 1 aromatic carbocycles. The van der Waals surface area contributed by atoms with Gasteiger partial charge in [0.25, 0.3) is 0 Å². The van der Waals surface area contributed by atoms with Gasteiger partial charge in [-0.05, 0) is 52.8 Å². The van der Waals surface area contributed by atoms with Crippen LogP contribution in [-0.2, 0) is 6.54 Å². The van der Waals surface area contributed by atoms with Gasteiger partial charge in [0, 0.05) is 12.5 Å². The second-order valence-corrected chi connectivity index (χ2v) is 6.93. The molecule has 2 atom stereocenters. The zero-order chi connectivity index (χ0) is 16.2. The summed E-state index contributed by atoms with van der Waals surface area (Å²) in [5, 5.41) is 3.44. The second-order valence-electron chi connectivity index (χ2n) is 6.93. The van der Waals surface area contributed by atoms with Gasteiger partial charge in [-0.3, -0.25) is 0 Å². The Kier molecular flexibility index (Phi) is 4.85. The lowest BCUT2D eigenvalue weighted by atomic mass is 9.84. The molecule has 0 spiro atoms. The summed E-state index contributed by atoms with van der Waals surface area (Å²) < 4.78 is 0. The lowest BCUT2D eigenvalue weighted by Gasteiger charge is -2.20. The Bertz CT molecular complexity index is 673. The third-order valence-electron chi connectivity index (χ3n) is 4.90. The van der Waals surface area contributed by atoms with Crippen molar-refractivity contribution in [3.63, 3.8) is 0 Å². The molecular formula is C22H27N. The Morgan fingerprint density at radius 3 is 2.70 bits per heavy atom. The Morgan fingerprint density at radius 1 is 1.13 bits per heavy atom. The summed E-state index contributed by atoms with van der Waals surface area (Å²) in [6.07, 6.45) is 15.0. The quantitative estimate of drug-likeness (QED) is 0.761. The average molecular weight is 305 g/mol.